The first-order chi connectivity index (χ1) is 11.2. The summed E-state index contributed by atoms with van der Waals surface area (Å²) < 4.78 is 0. The van der Waals surface area contributed by atoms with Crippen molar-refractivity contribution in [2.24, 2.45) is 5.92 Å². The Bertz CT molecular complexity index is 903. The van der Waals surface area contributed by atoms with Gasteiger partial charge in [-0.05, 0) is 56.4 Å². The van der Waals surface area contributed by atoms with Crippen molar-refractivity contribution in [1.29, 1.82) is 0 Å². The fraction of sp³-hybridized carbons (Fsp3) is 0.273. The lowest BCUT2D eigenvalue weighted by molar-refractivity contribution is 0.537. The Morgan fingerprint density at radius 2 is 1.70 bits per heavy atom. The summed E-state index contributed by atoms with van der Waals surface area (Å²) in [5.41, 5.74) is 4.87. The summed E-state index contributed by atoms with van der Waals surface area (Å²) in [6.45, 7) is 4.50. The number of rotatable bonds is 2. The molecule has 0 bridgehead atoms. The minimum absolute atomic E-state index is 0.0838. The molecular formula is C22H21N. The molecule has 1 nitrogen and oxygen atoms in total. The molecule has 23 heavy (non-hydrogen) atoms. The topological polar surface area (TPSA) is 15.8 Å². The number of aromatic nitrogens is 1. The van der Waals surface area contributed by atoms with Gasteiger partial charge in [0.2, 0.25) is 0 Å². The molecule has 0 radical (unpaired) electrons. The monoisotopic (exact) mass is 299 g/mol. The van der Waals surface area contributed by atoms with Crippen LogP contribution in [0.15, 0.2) is 54.6 Å². The van der Waals surface area contributed by atoms with E-state index in [1.807, 2.05) is 6.07 Å². The normalized spacial score (nSPS) is 16.6. The number of benzene rings is 2. The van der Waals surface area contributed by atoms with Crippen LogP contribution in [0.4, 0.5) is 0 Å². The Hall–Kier alpha value is -2.46. The maximum Gasteiger partial charge on any atom is 0.0590 e. The van der Waals surface area contributed by atoms with Gasteiger partial charge in [0.1, 0.15) is 0 Å². The van der Waals surface area contributed by atoms with Gasteiger partial charge in [-0.2, -0.15) is 0 Å². The molecular weight excluding hydrogens is 278 g/mol. The summed E-state index contributed by atoms with van der Waals surface area (Å²) >= 11 is 0. The van der Waals surface area contributed by atoms with E-state index in [1.165, 1.54) is 35.0 Å². The van der Waals surface area contributed by atoms with Crippen LogP contribution in [0.5, 0.6) is 0 Å². The fourth-order valence-electron chi connectivity index (χ4n) is 3.70. The average molecular weight is 299 g/mol. The van der Waals surface area contributed by atoms with E-state index in [2.05, 4.69) is 79.2 Å². The van der Waals surface area contributed by atoms with E-state index in [0.717, 1.165) is 5.56 Å². The molecule has 1 aliphatic carbocycles. The van der Waals surface area contributed by atoms with Gasteiger partial charge in [0.05, 0.1) is 5.41 Å². The SMILES string of the molecule is Cc1[nH]c2ccccc2c1C(C)(C#Cc1ccccc1)C1CC1. The van der Waals surface area contributed by atoms with Gasteiger partial charge in [0.15, 0.2) is 0 Å². The largest absolute Gasteiger partial charge is 0.358 e. The number of hydrogen-bond donors (Lipinski definition) is 1. The first kappa shape index (κ1) is 14.2. The highest BCUT2D eigenvalue weighted by molar-refractivity contribution is 5.86. The predicted molar refractivity (Wildman–Crippen MR) is 96.4 cm³/mol. The molecule has 0 amide bonds. The van der Waals surface area contributed by atoms with Crippen LogP contribution < -0.4 is 0 Å². The van der Waals surface area contributed by atoms with E-state index < -0.39 is 0 Å². The molecule has 114 valence electrons. The minimum Gasteiger partial charge on any atom is -0.358 e. The summed E-state index contributed by atoms with van der Waals surface area (Å²) in [6, 6.07) is 18.9. The fourth-order valence-corrected chi connectivity index (χ4v) is 3.70. The van der Waals surface area contributed by atoms with Crippen molar-refractivity contribution in [2.75, 3.05) is 0 Å². The van der Waals surface area contributed by atoms with Crippen molar-refractivity contribution in [3.63, 3.8) is 0 Å². The number of aromatic amines is 1. The van der Waals surface area contributed by atoms with Crippen LogP contribution >= 0.6 is 0 Å². The van der Waals surface area contributed by atoms with Crippen molar-refractivity contribution in [1.82, 2.24) is 4.98 Å². The van der Waals surface area contributed by atoms with E-state index in [-0.39, 0.29) is 5.41 Å². The highest BCUT2D eigenvalue weighted by Crippen LogP contribution is 2.49. The van der Waals surface area contributed by atoms with Crippen LogP contribution in [0.3, 0.4) is 0 Å². The zero-order valence-corrected chi connectivity index (χ0v) is 13.7. The molecule has 3 aromatic rings. The molecule has 0 saturated heterocycles. The molecule has 1 N–H and O–H groups in total. The molecule has 4 rings (SSSR count). The van der Waals surface area contributed by atoms with Gasteiger partial charge in [0, 0.05) is 22.2 Å². The van der Waals surface area contributed by atoms with E-state index in [4.69, 9.17) is 0 Å². The van der Waals surface area contributed by atoms with Crippen molar-refractivity contribution in [3.8, 4) is 11.8 Å². The smallest absolute Gasteiger partial charge is 0.0590 e. The quantitative estimate of drug-likeness (QED) is 0.626. The van der Waals surface area contributed by atoms with E-state index in [9.17, 15) is 0 Å². The molecule has 1 heterocycles. The number of para-hydroxylation sites is 1. The second kappa shape index (κ2) is 5.32. The number of nitrogens with one attached hydrogen (secondary N) is 1. The molecule has 0 aliphatic heterocycles. The second-order valence-electron chi connectivity index (χ2n) is 6.76. The van der Waals surface area contributed by atoms with E-state index >= 15 is 0 Å². The molecule has 1 saturated carbocycles. The Morgan fingerprint density at radius 1 is 1.00 bits per heavy atom. The lowest BCUT2D eigenvalue weighted by Gasteiger charge is -2.24. The van der Waals surface area contributed by atoms with Crippen molar-refractivity contribution in [2.45, 2.75) is 32.1 Å². The van der Waals surface area contributed by atoms with E-state index in [1.54, 1.807) is 0 Å². The summed E-state index contributed by atoms with van der Waals surface area (Å²) in [7, 11) is 0. The molecule has 1 aliphatic rings. The van der Waals surface area contributed by atoms with Crippen LogP contribution in [0.2, 0.25) is 0 Å². The van der Waals surface area contributed by atoms with Gasteiger partial charge in [-0.15, -0.1) is 0 Å². The number of H-pyrrole nitrogens is 1. The summed E-state index contributed by atoms with van der Waals surface area (Å²) in [6.07, 6.45) is 2.55. The third kappa shape index (κ3) is 2.45. The number of aryl methyl sites for hydroxylation is 1. The molecule has 1 unspecified atom stereocenters. The first-order valence-corrected chi connectivity index (χ1v) is 8.34. The predicted octanol–water partition coefficient (Wildman–Crippen LogP) is 5.20. The third-order valence-corrected chi connectivity index (χ3v) is 5.05. The summed E-state index contributed by atoms with van der Waals surface area (Å²) in [5.74, 6) is 7.73. The summed E-state index contributed by atoms with van der Waals surface area (Å²) in [4.78, 5) is 3.55. The third-order valence-electron chi connectivity index (χ3n) is 5.05. The Morgan fingerprint density at radius 3 is 2.43 bits per heavy atom. The number of fused-ring (bicyclic) bond motifs is 1. The molecule has 0 spiro atoms. The molecule has 2 aromatic carbocycles. The Kier molecular flexibility index (Phi) is 3.27. The maximum absolute atomic E-state index is 3.64. The molecule has 1 fully saturated rings. The van der Waals surface area contributed by atoms with Gasteiger partial charge in [0.25, 0.3) is 0 Å². The highest BCUT2D eigenvalue weighted by atomic mass is 14.7. The molecule has 1 atom stereocenters. The van der Waals surface area contributed by atoms with Crippen LogP contribution in [0, 0.1) is 24.7 Å². The molecule has 1 heteroatoms. The van der Waals surface area contributed by atoms with Crippen LogP contribution in [0.25, 0.3) is 10.9 Å². The molecule has 1 aromatic heterocycles. The number of hydrogen-bond acceptors (Lipinski definition) is 0. The van der Waals surface area contributed by atoms with Crippen LogP contribution in [0.1, 0.15) is 36.6 Å². The Labute approximate surface area is 137 Å². The average Bonchev–Trinajstić information content (AvgIpc) is 3.36. The zero-order valence-electron chi connectivity index (χ0n) is 13.7. The van der Waals surface area contributed by atoms with Crippen molar-refractivity contribution < 1.29 is 0 Å². The van der Waals surface area contributed by atoms with Crippen molar-refractivity contribution in [3.05, 3.63) is 71.4 Å². The highest BCUT2D eigenvalue weighted by Gasteiger charge is 2.43. The van der Waals surface area contributed by atoms with Gasteiger partial charge < -0.3 is 4.98 Å². The zero-order chi connectivity index (χ0) is 15.9. The maximum atomic E-state index is 3.64. The first-order valence-electron chi connectivity index (χ1n) is 8.34. The summed E-state index contributed by atoms with van der Waals surface area (Å²) in [5, 5.41) is 1.32. The van der Waals surface area contributed by atoms with Crippen molar-refractivity contribution >= 4 is 10.9 Å². The van der Waals surface area contributed by atoms with E-state index in [0.29, 0.717) is 5.92 Å². The van der Waals surface area contributed by atoms with Crippen LogP contribution in [-0.2, 0) is 5.41 Å². The van der Waals surface area contributed by atoms with Gasteiger partial charge in [-0.3, -0.25) is 0 Å². The lowest BCUT2D eigenvalue weighted by atomic mass is 9.77. The van der Waals surface area contributed by atoms with Crippen LogP contribution in [-0.4, -0.2) is 4.98 Å². The van der Waals surface area contributed by atoms with Gasteiger partial charge in [-0.1, -0.05) is 48.2 Å². The van der Waals surface area contributed by atoms with Gasteiger partial charge in [-0.25, -0.2) is 0 Å². The standard InChI is InChI=1S/C22H21N/c1-16-21(19-10-6-7-11-20(19)23-16)22(2,18-12-13-18)15-14-17-8-4-3-5-9-17/h3-11,18,23H,12-13H2,1-2H3. The van der Waals surface area contributed by atoms with Gasteiger partial charge >= 0.3 is 0 Å². The lowest BCUT2D eigenvalue weighted by Crippen LogP contribution is -2.23. The Balaban J connectivity index is 1.87. The second-order valence-corrected chi connectivity index (χ2v) is 6.76. The minimum atomic E-state index is -0.0838.